The molecule has 1 aliphatic heterocycles. The number of hydrogen-bond acceptors (Lipinski definition) is 3. The number of rotatable bonds is 3. The molecule has 1 aromatic heterocycles. The van der Waals surface area contributed by atoms with Gasteiger partial charge in [0.25, 0.3) is 6.01 Å². The number of nitrogens with one attached hydrogen (secondary N) is 2. The van der Waals surface area contributed by atoms with Crippen LogP contribution in [0.3, 0.4) is 0 Å². The van der Waals surface area contributed by atoms with Gasteiger partial charge < -0.3 is 15.0 Å². The molecule has 2 heterocycles. The van der Waals surface area contributed by atoms with E-state index in [1.54, 1.807) is 0 Å². The molecule has 3 rings (SSSR count). The summed E-state index contributed by atoms with van der Waals surface area (Å²) in [6, 6.07) is 9.06. The first kappa shape index (κ1) is 13.2. The van der Waals surface area contributed by atoms with Gasteiger partial charge >= 0.3 is 0 Å². The van der Waals surface area contributed by atoms with Crippen LogP contribution in [-0.4, -0.2) is 29.2 Å². The smallest absolute Gasteiger partial charge is 0.294 e. The molecule has 1 aromatic carbocycles. The largest absolute Gasteiger partial charge is 0.463 e. The van der Waals surface area contributed by atoms with Crippen molar-refractivity contribution in [3.8, 4) is 6.01 Å². The zero-order chi connectivity index (χ0) is 11.5. The summed E-state index contributed by atoms with van der Waals surface area (Å²) in [5, 5.41) is 3.46. The van der Waals surface area contributed by atoms with Crippen LogP contribution in [0.5, 0.6) is 6.01 Å². The molecule has 1 fully saturated rings. The number of para-hydroxylation sites is 2. The Labute approximate surface area is 113 Å². The molecule has 1 atom stereocenters. The number of aromatic amines is 1. The van der Waals surface area contributed by atoms with Gasteiger partial charge in [-0.05, 0) is 31.5 Å². The first-order valence-electron chi connectivity index (χ1n) is 6.23. The normalized spacial score (nSPS) is 19.4. The Hall–Kier alpha value is -1.26. The van der Waals surface area contributed by atoms with Crippen molar-refractivity contribution in [2.45, 2.75) is 25.3 Å². The van der Waals surface area contributed by atoms with Crippen LogP contribution < -0.4 is 10.1 Å². The average molecular weight is 268 g/mol. The quantitative estimate of drug-likeness (QED) is 0.898. The molecule has 1 unspecified atom stereocenters. The Kier molecular flexibility index (Phi) is 4.44. The highest BCUT2D eigenvalue weighted by molar-refractivity contribution is 5.85. The highest BCUT2D eigenvalue weighted by Gasteiger charge is 2.13. The second-order valence-electron chi connectivity index (χ2n) is 4.52. The van der Waals surface area contributed by atoms with E-state index in [0.29, 0.717) is 18.7 Å². The van der Waals surface area contributed by atoms with Crippen LogP contribution in [0.15, 0.2) is 24.3 Å². The number of piperidine rings is 1. The second kappa shape index (κ2) is 6.07. The summed E-state index contributed by atoms with van der Waals surface area (Å²) in [7, 11) is 0. The molecule has 1 saturated heterocycles. The van der Waals surface area contributed by atoms with Crippen molar-refractivity contribution >= 4 is 23.4 Å². The minimum atomic E-state index is 0. The zero-order valence-electron chi connectivity index (χ0n) is 10.2. The maximum absolute atomic E-state index is 5.70. The molecule has 98 valence electrons. The molecule has 2 aromatic rings. The number of H-pyrrole nitrogens is 1. The van der Waals surface area contributed by atoms with Crippen molar-refractivity contribution in [3.05, 3.63) is 24.3 Å². The van der Waals surface area contributed by atoms with Crippen molar-refractivity contribution < 1.29 is 4.74 Å². The molecular formula is C13H18ClN3O. The third-order valence-corrected chi connectivity index (χ3v) is 3.20. The number of nitrogens with zero attached hydrogens (tertiary/aromatic N) is 1. The standard InChI is InChI=1S/C13H17N3O.ClH/c1-2-7-12-11(6-1)15-13(16-12)17-9-10-5-3-4-8-14-10;/h1-2,6-7,10,14H,3-5,8-9H2,(H,15,16);1H. The highest BCUT2D eigenvalue weighted by atomic mass is 35.5. The van der Waals surface area contributed by atoms with Gasteiger partial charge in [-0.15, -0.1) is 12.4 Å². The van der Waals surface area contributed by atoms with Gasteiger partial charge in [0, 0.05) is 6.04 Å². The van der Waals surface area contributed by atoms with E-state index >= 15 is 0 Å². The Bertz CT molecular complexity index is 461. The third kappa shape index (κ3) is 2.94. The number of fused-ring (bicyclic) bond motifs is 1. The molecule has 0 amide bonds. The van der Waals surface area contributed by atoms with Crippen LogP contribution in [-0.2, 0) is 0 Å². The number of benzene rings is 1. The van der Waals surface area contributed by atoms with Gasteiger partial charge in [0.2, 0.25) is 0 Å². The molecule has 4 nitrogen and oxygen atoms in total. The molecule has 1 aliphatic rings. The molecule has 5 heteroatoms. The molecule has 2 N–H and O–H groups in total. The van der Waals surface area contributed by atoms with Gasteiger partial charge in [-0.1, -0.05) is 18.6 Å². The molecule has 18 heavy (non-hydrogen) atoms. The van der Waals surface area contributed by atoms with Crippen molar-refractivity contribution in [2.24, 2.45) is 0 Å². The van der Waals surface area contributed by atoms with Crippen molar-refractivity contribution in [2.75, 3.05) is 13.2 Å². The van der Waals surface area contributed by atoms with E-state index in [0.717, 1.165) is 17.6 Å². The Morgan fingerprint density at radius 2 is 2.17 bits per heavy atom. The van der Waals surface area contributed by atoms with Gasteiger partial charge in [0.15, 0.2) is 0 Å². The SMILES string of the molecule is Cl.c1ccc2[nH]c(OCC3CCCCN3)nc2c1. The average Bonchev–Trinajstić information content (AvgIpc) is 2.80. The summed E-state index contributed by atoms with van der Waals surface area (Å²) in [6.07, 6.45) is 3.77. The van der Waals surface area contributed by atoms with Crippen LogP contribution in [0.25, 0.3) is 11.0 Å². The molecule has 0 radical (unpaired) electrons. The molecule has 0 saturated carbocycles. The van der Waals surface area contributed by atoms with E-state index in [4.69, 9.17) is 4.74 Å². The van der Waals surface area contributed by atoms with Crippen molar-refractivity contribution in [1.29, 1.82) is 0 Å². The minimum absolute atomic E-state index is 0. The van der Waals surface area contributed by atoms with E-state index in [1.807, 2.05) is 24.3 Å². The first-order chi connectivity index (χ1) is 8.42. The van der Waals surface area contributed by atoms with Crippen molar-refractivity contribution in [3.63, 3.8) is 0 Å². The molecule has 0 bridgehead atoms. The van der Waals surface area contributed by atoms with E-state index in [9.17, 15) is 0 Å². The predicted octanol–water partition coefficient (Wildman–Crippen LogP) is 2.51. The number of halogens is 1. The van der Waals surface area contributed by atoms with Gasteiger partial charge in [-0.2, -0.15) is 4.98 Å². The van der Waals surface area contributed by atoms with Crippen LogP contribution in [0.4, 0.5) is 0 Å². The molecular weight excluding hydrogens is 250 g/mol. The highest BCUT2D eigenvalue weighted by Crippen LogP contribution is 2.15. The monoisotopic (exact) mass is 267 g/mol. The lowest BCUT2D eigenvalue weighted by molar-refractivity contribution is 0.226. The van der Waals surface area contributed by atoms with Gasteiger partial charge in [-0.25, -0.2) is 0 Å². The summed E-state index contributed by atoms with van der Waals surface area (Å²) in [4.78, 5) is 7.57. The molecule has 0 spiro atoms. The fourth-order valence-corrected chi connectivity index (χ4v) is 2.24. The number of imidazole rings is 1. The van der Waals surface area contributed by atoms with Gasteiger partial charge in [-0.3, -0.25) is 0 Å². The number of ether oxygens (including phenoxy) is 1. The Morgan fingerprint density at radius 1 is 1.28 bits per heavy atom. The lowest BCUT2D eigenvalue weighted by Crippen LogP contribution is -2.38. The van der Waals surface area contributed by atoms with Gasteiger partial charge in [0.05, 0.1) is 11.0 Å². The minimum Gasteiger partial charge on any atom is -0.463 e. The lowest BCUT2D eigenvalue weighted by atomic mass is 10.1. The zero-order valence-corrected chi connectivity index (χ0v) is 11.0. The maximum Gasteiger partial charge on any atom is 0.294 e. The summed E-state index contributed by atoms with van der Waals surface area (Å²) >= 11 is 0. The maximum atomic E-state index is 5.70. The third-order valence-electron chi connectivity index (χ3n) is 3.20. The fourth-order valence-electron chi connectivity index (χ4n) is 2.24. The van der Waals surface area contributed by atoms with E-state index in [-0.39, 0.29) is 12.4 Å². The van der Waals surface area contributed by atoms with Crippen LogP contribution in [0.1, 0.15) is 19.3 Å². The number of hydrogen-bond donors (Lipinski definition) is 2. The van der Waals surface area contributed by atoms with Crippen LogP contribution >= 0.6 is 12.4 Å². The molecule has 0 aliphatic carbocycles. The summed E-state index contributed by atoms with van der Waals surface area (Å²) < 4.78 is 5.70. The lowest BCUT2D eigenvalue weighted by Gasteiger charge is -2.22. The summed E-state index contributed by atoms with van der Waals surface area (Å²) in [6.45, 7) is 1.80. The summed E-state index contributed by atoms with van der Waals surface area (Å²) in [5.74, 6) is 0. The first-order valence-corrected chi connectivity index (χ1v) is 6.23. The Morgan fingerprint density at radius 3 is 2.94 bits per heavy atom. The van der Waals surface area contributed by atoms with Crippen LogP contribution in [0, 0.1) is 0 Å². The van der Waals surface area contributed by atoms with Crippen LogP contribution in [0.2, 0.25) is 0 Å². The predicted molar refractivity (Wildman–Crippen MR) is 74.5 cm³/mol. The van der Waals surface area contributed by atoms with Gasteiger partial charge in [0.1, 0.15) is 6.61 Å². The summed E-state index contributed by atoms with van der Waals surface area (Å²) in [5.41, 5.74) is 1.98. The van der Waals surface area contributed by atoms with E-state index < -0.39 is 0 Å². The fraction of sp³-hybridized carbons (Fsp3) is 0.462. The topological polar surface area (TPSA) is 49.9 Å². The van der Waals surface area contributed by atoms with Crippen molar-refractivity contribution in [1.82, 2.24) is 15.3 Å². The second-order valence-corrected chi connectivity index (χ2v) is 4.52. The number of aromatic nitrogens is 2. The van der Waals surface area contributed by atoms with E-state index in [2.05, 4.69) is 15.3 Å². The Balaban J connectivity index is 0.00000120. The van der Waals surface area contributed by atoms with E-state index in [1.165, 1.54) is 19.3 Å².